The predicted octanol–water partition coefficient (Wildman–Crippen LogP) is 0.709. The van der Waals surface area contributed by atoms with Crippen LogP contribution in [0.2, 0.25) is 0 Å². The Morgan fingerprint density at radius 3 is 1.73 bits per heavy atom. The molecule has 0 bridgehead atoms. The molecule has 0 aromatic carbocycles. The van der Waals surface area contributed by atoms with Gasteiger partial charge in [0.15, 0.2) is 0 Å². The molecule has 0 atom stereocenters. The molecule has 0 aliphatic heterocycles. The zero-order chi connectivity index (χ0) is 8.74. The Hall–Kier alpha value is 0.723. The molecule has 0 spiro atoms. The van der Waals surface area contributed by atoms with E-state index in [0.29, 0.717) is 12.6 Å². The van der Waals surface area contributed by atoms with Gasteiger partial charge in [-0.05, 0) is 0 Å². The first kappa shape index (κ1) is 11.7. The number of carbonyl (C=O) groups excluding carboxylic acids is 2. The molecule has 7 heteroatoms. The molecule has 0 amide bonds. The minimum absolute atomic E-state index is 0.193. The van der Waals surface area contributed by atoms with Crippen molar-refractivity contribution in [3.8, 4) is 0 Å². The normalized spacial score (nSPS) is 11.1. The number of halogens is 2. The Balaban J connectivity index is 3.59. The predicted molar refractivity (Wildman–Crippen MR) is 35.7 cm³/mol. The molecule has 0 rings (SSSR count). The standard InChI is InChI=1S/2C2H3O2.2ClH.Zr/c2*3-1-2-4;;;/h2*1H,2H2;2*1H;/q2*-1;;;+4/p-2. The molecule has 0 aromatic rings. The molecule has 0 unspecified atom stereocenters. The van der Waals surface area contributed by atoms with Crippen LogP contribution < -0.4 is 0 Å². The van der Waals surface area contributed by atoms with Gasteiger partial charge in [0, 0.05) is 0 Å². The van der Waals surface area contributed by atoms with Crippen molar-refractivity contribution in [1.29, 1.82) is 0 Å². The minimum atomic E-state index is -3.95. The third-order valence-electron chi connectivity index (χ3n) is 0.639. The molecule has 4 nitrogen and oxygen atoms in total. The Morgan fingerprint density at radius 2 is 1.45 bits per heavy atom. The first-order valence-corrected chi connectivity index (χ1v) is 11.0. The number of hydrogen-bond donors (Lipinski definition) is 0. The van der Waals surface area contributed by atoms with Crippen molar-refractivity contribution in [2.24, 2.45) is 0 Å². The Bertz CT molecular complexity index is 126. The number of rotatable bonds is 6. The average Bonchev–Trinajstić information content (AvgIpc) is 1.97. The van der Waals surface area contributed by atoms with Crippen molar-refractivity contribution < 1.29 is 34.0 Å². The van der Waals surface area contributed by atoms with Crippen molar-refractivity contribution in [2.45, 2.75) is 0 Å². The second-order valence-corrected chi connectivity index (χ2v) is 12.1. The van der Waals surface area contributed by atoms with Crippen molar-refractivity contribution in [3.63, 3.8) is 0 Å². The van der Waals surface area contributed by atoms with E-state index in [-0.39, 0.29) is 13.2 Å². The number of hydrogen-bond acceptors (Lipinski definition) is 4. The summed E-state index contributed by atoms with van der Waals surface area (Å²) in [5.41, 5.74) is 0. The summed E-state index contributed by atoms with van der Waals surface area (Å²) in [5, 5.41) is 0. The van der Waals surface area contributed by atoms with Crippen LogP contribution in [0.3, 0.4) is 0 Å². The maximum atomic E-state index is 9.79. The molecule has 0 fully saturated rings. The van der Waals surface area contributed by atoms with E-state index >= 15 is 0 Å². The van der Waals surface area contributed by atoms with Crippen LogP contribution in [0.1, 0.15) is 0 Å². The van der Waals surface area contributed by atoms with Crippen molar-refractivity contribution in [2.75, 3.05) is 13.2 Å². The summed E-state index contributed by atoms with van der Waals surface area (Å²) in [5.74, 6) is 0. The molecule has 0 saturated heterocycles. The molecular formula is C4H6Cl2O4Zr. The van der Waals surface area contributed by atoms with Gasteiger partial charge in [-0.1, -0.05) is 0 Å². The maximum absolute atomic E-state index is 9.79. The van der Waals surface area contributed by atoms with Gasteiger partial charge in [0.2, 0.25) is 0 Å². The van der Waals surface area contributed by atoms with Crippen LogP contribution in [0.5, 0.6) is 0 Å². The van der Waals surface area contributed by atoms with Gasteiger partial charge in [-0.15, -0.1) is 0 Å². The molecule has 0 N–H and O–H groups in total. The summed E-state index contributed by atoms with van der Waals surface area (Å²) >= 11 is -3.95. The van der Waals surface area contributed by atoms with Crippen molar-refractivity contribution in [3.05, 3.63) is 0 Å². The van der Waals surface area contributed by atoms with E-state index in [1.165, 1.54) is 0 Å². The van der Waals surface area contributed by atoms with E-state index in [9.17, 15) is 9.59 Å². The zero-order valence-electron chi connectivity index (χ0n) is 5.46. The van der Waals surface area contributed by atoms with E-state index in [0.717, 1.165) is 0 Å². The van der Waals surface area contributed by atoms with Crippen molar-refractivity contribution in [1.82, 2.24) is 0 Å². The summed E-state index contributed by atoms with van der Waals surface area (Å²) < 4.78 is 9.34. The SMILES string of the molecule is O=CC[O][Zr]([Cl])([Cl])[O]CC=O. The van der Waals surface area contributed by atoms with Crippen molar-refractivity contribution >= 4 is 29.6 Å². The topological polar surface area (TPSA) is 52.6 Å². The van der Waals surface area contributed by atoms with E-state index in [4.69, 9.17) is 17.0 Å². The zero-order valence-corrected chi connectivity index (χ0v) is 9.43. The van der Waals surface area contributed by atoms with E-state index in [1.807, 2.05) is 0 Å². The van der Waals surface area contributed by atoms with Crippen LogP contribution in [0, 0.1) is 0 Å². The molecule has 11 heavy (non-hydrogen) atoms. The fraction of sp³-hybridized carbons (Fsp3) is 0.500. The Kier molecular flexibility index (Phi) is 6.67. The second-order valence-electron chi connectivity index (χ2n) is 1.42. The second kappa shape index (κ2) is 6.26. The van der Waals surface area contributed by atoms with Gasteiger partial charge in [0.25, 0.3) is 0 Å². The molecule has 0 aliphatic carbocycles. The van der Waals surface area contributed by atoms with Crippen LogP contribution in [0.15, 0.2) is 0 Å². The quantitative estimate of drug-likeness (QED) is 0.672. The Labute approximate surface area is 76.5 Å². The first-order chi connectivity index (χ1) is 5.12. The summed E-state index contributed by atoms with van der Waals surface area (Å²) in [4.78, 5) is 19.6. The van der Waals surface area contributed by atoms with Gasteiger partial charge >= 0.3 is 76.8 Å². The van der Waals surface area contributed by atoms with E-state index < -0.39 is 18.8 Å². The van der Waals surface area contributed by atoms with Crippen LogP contribution in [0.25, 0.3) is 0 Å². The van der Waals surface area contributed by atoms with Crippen LogP contribution in [-0.2, 0) is 34.0 Å². The van der Waals surface area contributed by atoms with Crippen LogP contribution in [-0.4, -0.2) is 25.8 Å². The fourth-order valence-electron chi connectivity index (χ4n) is 0.304. The molecule has 0 radical (unpaired) electrons. The van der Waals surface area contributed by atoms with Gasteiger partial charge in [-0.3, -0.25) is 0 Å². The Morgan fingerprint density at radius 1 is 1.09 bits per heavy atom. The van der Waals surface area contributed by atoms with E-state index in [1.54, 1.807) is 0 Å². The molecule has 0 saturated carbocycles. The van der Waals surface area contributed by atoms with Crippen LogP contribution in [0.4, 0.5) is 0 Å². The summed E-state index contributed by atoms with van der Waals surface area (Å²) in [6.07, 6.45) is 1.03. The van der Waals surface area contributed by atoms with Crippen LogP contribution >= 0.6 is 17.0 Å². The monoisotopic (exact) mass is 278 g/mol. The summed E-state index contributed by atoms with van der Waals surface area (Å²) in [6.45, 7) is -0.385. The molecular weight excluding hydrogens is 274 g/mol. The van der Waals surface area contributed by atoms with E-state index in [2.05, 4.69) is 5.63 Å². The molecule has 64 valence electrons. The third kappa shape index (κ3) is 7.10. The summed E-state index contributed by atoms with van der Waals surface area (Å²) in [7, 11) is 11.0. The number of carbonyl (C=O) groups is 2. The third-order valence-corrected chi connectivity index (χ3v) is 5.69. The summed E-state index contributed by atoms with van der Waals surface area (Å²) in [6, 6.07) is 0. The fourth-order valence-corrected chi connectivity index (χ4v) is 3.29. The van der Waals surface area contributed by atoms with Gasteiger partial charge in [-0.25, -0.2) is 0 Å². The molecule has 0 heterocycles. The molecule has 0 aliphatic rings. The van der Waals surface area contributed by atoms with Gasteiger partial charge in [0.05, 0.1) is 0 Å². The average molecular weight is 280 g/mol. The van der Waals surface area contributed by atoms with Gasteiger partial charge < -0.3 is 0 Å². The van der Waals surface area contributed by atoms with Gasteiger partial charge in [0.1, 0.15) is 0 Å². The first-order valence-electron chi connectivity index (χ1n) is 2.65. The number of aldehydes is 2. The molecule has 0 aromatic heterocycles. The van der Waals surface area contributed by atoms with Gasteiger partial charge in [-0.2, -0.15) is 0 Å².